The molecule has 0 spiro atoms. The maximum absolute atomic E-state index is 13.5. The highest BCUT2D eigenvalue weighted by molar-refractivity contribution is 9.10. The van der Waals surface area contributed by atoms with Crippen molar-refractivity contribution in [2.45, 2.75) is 12.5 Å². The van der Waals surface area contributed by atoms with E-state index in [1.807, 2.05) is 48.2 Å². The summed E-state index contributed by atoms with van der Waals surface area (Å²) >= 11 is 3.34. The molecule has 2 aromatic heterocycles. The summed E-state index contributed by atoms with van der Waals surface area (Å²) in [5.74, 6) is -0.228. The van der Waals surface area contributed by atoms with Crippen molar-refractivity contribution in [2.75, 3.05) is 7.05 Å². The Morgan fingerprint density at radius 1 is 1.33 bits per heavy atom. The van der Waals surface area contributed by atoms with Crippen LogP contribution in [0.4, 0.5) is 4.39 Å². The Morgan fingerprint density at radius 3 is 2.95 bits per heavy atom. The molecule has 1 aromatic carbocycles. The average Bonchev–Trinajstić information content (AvgIpc) is 2.87. The van der Waals surface area contributed by atoms with E-state index in [2.05, 4.69) is 26.3 Å². The molecule has 0 bridgehead atoms. The van der Waals surface area contributed by atoms with Crippen LogP contribution in [-0.2, 0) is 6.42 Å². The Morgan fingerprint density at radius 2 is 2.19 bits per heavy atom. The van der Waals surface area contributed by atoms with Crippen molar-refractivity contribution >= 4 is 21.4 Å². The number of likely N-dealkylation sites (N-methyl/N-ethyl adjacent to an activating group) is 1. The molecule has 0 amide bonds. The highest BCUT2D eigenvalue weighted by atomic mass is 79.9. The maximum Gasteiger partial charge on any atom is 0.124 e. The summed E-state index contributed by atoms with van der Waals surface area (Å²) in [7, 11) is 1.91. The fraction of sp³-hybridized carbons (Fsp3) is 0.188. The van der Waals surface area contributed by atoms with Crippen molar-refractivity contribution in [3.8, 4) is 0 Å². The quantitative estimate of drug-likeness (QED) is 0.778. The van der Waals surface area contributed by atoms with E-state index in [-0.39, 0.29) is 11.9 Å². The summed E-state index contributed by atoms with van der Waals surface area (Å²) in [6.07, 6.45) is 4.48. The molecule has 1 N–H and O–H groups in total. The first-order valence-corrected chi connectivity index (χ1v) is 7.51. The Balaban J connectivity index is 1.95. The summed E-state index contributed by atoms with van der Waals surface area (Å²) in [4.78, 5) is 0. The van der Waals surface area contributed by atoms with Crippen LogP contribution in [0.3, 0.4) is 0 Å². The molecule has 0 saturated heterocycles. The molecular formula is C16H15BrFN3. The van der Waals surface area contributed by atoms with Crippen LogP contribution in [0.5, 0.6) is 0 Å². The topological polar surface area (TPSA) is 29.3 Å². The van der Waals surface area contributed by atoms with E-state index >= 15 is 0 Å². The SMILES string of the molecule is CNC(Cc1cc(F)cc(Br)c1)c1cnn2ccccc12. The predicted octanol–water partition coefficient (Wildman–Crippen LogP) is 3.74. The van der Waals surface area contributed by atoms with Gasteiger partial charge in [0, 0.05) is 22.3 Å². The molecule has 3 rings (SSSR count). The van der Waals surface area contributed by atoms with Gasteiger partial charge in [-0.2, -0.15) is 5.10 Å². The van der Waals surface area contributed by atoms with Crippen LogP contribution in [0, 0.1) is 5.82 Å². The molecule has 0 aliphatic heterocycles. The second-order valence-corrected chi connectivity index (χ2v) is 5.87. The third-order valence-corrected chi connectivity index (χ3v) is 4.00. The van der Waals surface area contributed by atoms with E-state index in [1.54, 1.807) is 6.07 Å². The third-order valence-electron chi connectivity index (χ3n) is 3.54. The van der Waals surface area contributed by atoms with Gasteiger partial charge in [-0.25, -0.2) is 8.91 Å². The Labute approximate surface area is 130 Å². The standard InChI is InChI=1S/C16H15BrFN3/c1-19-15(8-11-6-12(17)9-13(18)7-11)14-10-20-21-5-3-2-4-16(14)21/h2-7,9-10,15,19H,8H2,1H3. The van der Waals surface area contributed by atoms with Crippen molar-refractivity contribution in [2.24, 2.45) is 0 Å². The second-order valence-electron chi connectivity index (χ2n) is 4.95. The molecule has 5 heteroatoms. The summed E-state index contributed by atoms with van der Waals surface area (Å²) in [5, 5.41) is 7.65. The van der Waals surface area contributed by atoms with Gasteiger partial charge >= 0.3 is 0 Å². The molecule has 21 heavy (non-hydrogen) atoms. The van der Waals surface area contributed by atoms with Gasteiger partial charge in [-0.1, -0.05) is 22.0 Å². The fourth-order valence-electron chi connectivity index (χ4n) is 2.55. The highest BCUT2D eigenvalue weighted by Crippen LogP contribution is 2.24. The van der Waals surface area contributed by atoms with E-state index in [4.69, 9.17) is 0 Å². The Kier molecular flexibility index (Phi) is 4.03. The number of nitrogens with one attached hydrogen (secondary N) is 1. The number of fused-ring (bicyclic) bond motifs is 1. The average molecular weight is 348 g/mol. The molecular weight excluding hydrogens is 333 g/mol. The summed E-state index contributed by atoms with van der Waals surface area (Å²) in [6.45, 7) is 0. The van der Waals surface area contributed by atoms with Crippen molar-refractivity contribution in [1.29, 1.82) is 0 Å². The summed E-state index contributed by atoms with van der Waals surface area (Å²) in [6, 6.07) is 11.0. The first-order valence-electron chi connectivity index (χ1n) is 6.72. The predicted molar refractivity (Wildman–Crippen MR) is 84.8 cm³/mol. The lowest BCUT2D eigenvalue weighted by Gasteiger charge is -2.15. The largest absolute Gasteiger partial charge is 0.313 e. The summed E-state index contributed by atoms with van der Waals surface area (Å²) in [5.41, 5.74) is 3.11. The second kappa shape index (κ2) is 5.95. The molecule has 0 aliphatic carbocycles. The van der Waals surface area contributed by atoms with Gasteiger partial charge in [0.15, 0.2) is 0 Å². The van der Waals surface area contributed by atoms with Gasteiger partial charge in [0.1, 0.15) is 5.82 Å². The number of hydrogen-bond donors (Lipinski definition) is 1. The van der Waals surface area contributed by atoms with E-state index in [0.717, 1.165) is 21.1 Å². The lowest BCUT2D eigenvalue weighted by molar-refractivity contribution is 0.587. The monoisotopic (exact) mass is 347 g/mol. The van der Waals surface area contributed by atoms with Gasteiger partial charge in [-0.05, 0) is 49.4 Å². The van der Waals surface area contributed by atoms with E-state index in [0.29, 0.717) is 6.42 Å². The number of benzene rings is 1. The van der Waals surface area contributed by atoms with Gasteiger partial charge in [0.05, 0.1) is 11.7 Å². The molecule has 1 atom stereocenters. The zero-order valence-electron chi connectivity index (χ0n) is 11.6. The molecule has 2 heterocycles. The van der Waals surface area contributed by atoms with Crippen molar-refractivity contribution in [3.05, 3.63) is 70.2 Å². The molecule has 0 radical (unpaired) electrons. The zero-order chi connectivity index (χ0) is 14.8. The van der Waals surface area contributed by atoms with Gasteiger partial charge in [-0.3, -0.25) is 0 Å². The van der Waals surface area contributed by atoms with Crippen molar-refractivity contribution < 1.29 is 4.39 Å². The van der Waals surface area contributed by atoms with Crippen LogP contribution in [0.1, 0.15) is 17.2 Å². The normalized spacial score (nSPS) is 12.7. The maximum atomic E-state index is 13.5. The molecule has 0 fully saturated rings. The lowest BCUT2D eigenvalue weighted by Crippen LogP contribution is -2.18. The van der Waals surface area contributed by atoms with Gasteiger partial charge < -0.3 is 5.32 Å². The van der Waals surface area contributed by atoms with Crippen LogP contribution in [0.2, 0.25) is 0 Å². The fourth-order valence-corrected chi connectivity index (χ4v) is 3.07. The minimum absolute atomic E-state index is 0.0820. The first kappa shape index (κ1) is 14.2. The minimum Gasteiger partial charge on any atom is -0.313 e. The van der Waals surface area contributed by atoms with Crippen LogP contribution in [0.15, 0.2) is 53.3 Å². The zero-order valence-corrected chi connectivity index (χ0v) is 13.1. The lowest BCUT2D eigenvalue weighted by atomic mass is 10.00. The molecule has 108 valence electrons. The number of rotatable bonds is 4. The van der Waals surface area contributed by atoms with Crippen molar-refractivity contribution in [3.63, 3.8) is 0 Å². The molecule has 0 saturated carbocycles. The third kappa shape index (κ3) is 2.99. The number of pyridine rings is 1. The van der Waals surface area contributed by atoms with Crippen LogP contribution in [0.25, 0.3) is 5.52 Å². The van der Waals surface area contributed by atoms with Crippen molar-refractivity contribution in [1.82, 2.24) is 14.9 Å². The smallest absolute Gasteiger partial charge is 0.124 e. The van der Waals surface area contributed by atoms with Gasteiger partial charge in [0.2, 0.25) is 0 Å². The number of aromatic nitrogens is 2. The molecule has 3 nitrogen and oxygen atoms in total. The Bertz CT molecular complexity index is 749. The van der Waals surface area contributed by atoms with E-state index in [1.165, 1.54) is 6.07 Å². The minimum atomic E-state index is -0.228. The summed E-state index contributed by atoms with van der Waals surface area (Å²) < 4.78 is 16.1. The van der Waals surface area contributed by atoms with E-state index in [9.17, 15) is 4.39 Å². The highest BCUT2D eigenvalue weighted by Gasteiger charge is 2.15. The van der Waals surface area contributed by atoms with Gasteiger partial charge in [0.25, 0.3) is 0 Å². The number of nitrogens with zero attached hydrogens (tertiary/aromatic N) is 2. The van der Waals surface area contributed by atoms with Crippen LogP contribution < -0.4 is 5.32 Å². The van der Waals surface area contributed by atoms with E-state index < -0.39 is 0 Å². The molecule has 3 aromatic rings. The van der Waals surface area contributed by atoms with Gasteiger partial charge in [-0.15, -0.1) is 0 Å². The van der Waals surface area contributed by atoms with Crippen LogP contribution in [-0.4, -0.2) is 16.7 Å². The molecule has 0 aliphatic rings. The first-order chi connectivity index (χ1) is 10.2. The van der Waals surface area contributed by atoms with Crippen LogP contribution >= 0.6 is 15.9 Å². The Hall–Kier alpha value is -1.72. The molecule has 1 unspecified atom stereocenters. The number of hydrogen-bond acceptors (Lipinski definition) is 2. The number of halogens is 2.